The molecule has 0 unspecified atom stereocenters. The summed E-state index contributed by atoms with van der Waals surface area (Å²) in [5, 5.41) is 1.10. The minimum absolute atomic E-state index is 0.834. The standard InChI is InChI=1S/C24H25N5O/c1-30-19-9-10-20-21(16-19)27-23-22(20)25-17-26-24(23)29-14-12-28(13-15-29)11-5-8-18-6-3-2-4-7-18/h2-10,16-17,27H,11-15H2,1H3/b8-5+. The molecule has 2 aromatic carbocycles. The van der Waals surface area contributed by atoms with Crippen molar-refractivity contribution < 1.29 is 4.74 Å². The van der Waals surface area contributed by atoms with Gasteiger partial charge in [0.25, 0.3) is 0 Å². The van der Waals surface area contributed by atoms with E-state index in [9.17, 15) is 0 Å². The molecule has 1 aliphatic rings. The molecule has 0 aliphatic carbocycles. The zero-order chi connectivity index (χ0) is 20.3. The second kappa shape index (κ2) is 8.16. The number of nitrogens with zero attached hydrogens (tertiary/aromatic N) is 4. The molecule has 0 saturated carbocycles. The fourth-order valence-electron chi connectivity index (χ4n) is 4.07. The van der Waals surface area contributed by atoms with E-state index >= 15 is 0 Å². The van der Waals surface area contributed by atoms with Crippen LogP contribution in [0.25, 0.3) is 28.0 Å². The lowest BCUT2D eigenvalue weighted by Crippen LogP contribution is -2.46. The third-order valence-corrected chi connectivity index (χ3v) is 5.71. The summed E-state index contributed by atoms with van der Waals surface area (Å²) in [5.41, 5.74) is 4.23. The molecule has 1 aliphatic heterocycles. The molecule has 5 rings (SSSR count). The van der Waals surface area contributed by atoms with Crippen LogP contribution in [-0.2, 0) is 0 Å². The predicted molar refractivity (Wildman–Crippen MR) is 122 cm³/mol. The zero-order valence-corrected chi connectivity index (χ0v) is 17.1. The van der Waals surface area contributed by atoms with E-state index < -0.39 is 0 Å². The number of ether oxygens (including phenoxy) is 1. The fraction of sp³-hybridized carbons (Fsp3) is 0.250. The van der Waals surface area contributed by atoms with Gasteiger partial charge in [-0.2, -0.15) is 0 Å². The van der Waals surface area contributed by atoms with Gasteiger partial charge in [0.05, 0.1) is 12.6 Å². The Morgan fingerprint density at radius 1 is 1.03 bits per heavy atom. The molecule has 1 fully saturated rings. The monoisotopic (exact) mass is 399 g/mol. The molecular weight excluding hydrogens is 374 g/mol. The van der Waals surface area contributed by atoms with Gasteiger partial charge in [0.2, 0.25) is 0 Å². The maximum Gasteiger partial charge on any atom is 0.156 e. The van der Waals surface area contributed by atoms with Crippen molar-refractivity contribution in [2.24, 2.45) is 0 Å². The summed E-state index contributed by atoms with van der Waals surface area (Å²) in [6.07, 6.45) is 6.11. The van der Waals surface area contributed by atoms with E-state index in [1.54, 1.807) is 13.4 Å². The van der Waals surface area contributed by atoms with E-state index in [0.29, 0.717) is 0 Å². The van der Waals surface area contributed by atoms with Gasteiger partial charge < -0.3 is 14.6 Å². The number of fused-ring (bicyclic) bond motifs is 3. The predicted octanol–water partition coefficient (Wildman–Crippen LogP) is 3.96. The molecule has 0 atom stereocenters. The van der Waals surface area contributed by atoms with Crippen LogP contribution in [0, 0.1) is 0 Å². The molecule has 152 valence electrons. The lowest BCUT2D eigenvalue weighted by atomic mass is 10.2. The minimum atomic E-state index is 0.834. The summed E-state index contributed by atoms with van der Waals surface area (Å²) in [7, 11) is 1.68. The van der Waals surface area contributed by atoms with Crippen LogP contribution in [0.3, 0.4) is 0 Å². The molecule has 1 saturated heterocycles. The van der Waals surface area contributed by atoms with Crippen molar-refractivity contribution in [2.45, 2.75) is 0 Å². The largest absolute Gasteiger partial charge is 0.497 e. The molecular formula is C24H25N5O. The normalized spacial score (nSPS) is 15.4. The van der Waals surface area contributed by atoms with Crippen molar-refractivity contribution in [3.63, 3.8) is 0 Å². The first-order chi connectivity index (χ1) is 14.8. The van der Waals surface area contributed by atoms with Crippen molar-refractivity contribution in [2.75, 3.05) is 44.7 Å². The van der Waals surface area contributed by atoms with Gasteiger partial charge in [0.15, 0.2) is 5.82 Å². The lowest BCUT2D eigenvalue weighted by Gasteiger charge is -2.34. The SMILES string of the molecule is COc1ccc2c(c1)[nH]c1c(N3CCN(C/C=C/c4ccccc4)CC3)ncnc12. The smallest absolute Gasteiger partial charge is 0.156 e. The number of aromatic amines is 1. The maximum absolute atomic E-state index is 5.36. The number of piperazine rings is 1. The van der Waals surface area contributed by atoms with E-state index in [1.165, 1.54) is 5.56 Å². The van der Waals surface area contributed by atoms with Crippen LogP contribution in [-0.4, -0.2) is 59.7 Å². The first kappa shape index (κ1) is 18.6. The third kappa shape index (κ3) is 3.62. The van der Waals surface area contributed by atoms with Crippen molar-refractivity contribution in [1.29, 1.82) is 0 Å². The summed E-state index contributed by atoms with van der Waals surface area (Å²) in [4.78, 5) is 17.5. The number of rotatable bonds is 5. The van der Waals surface area contributed by atoms with Crippen LogP contribution in [0.15, 0.2) is 60.9 Å². The topological polar surface area (TPSA) is 57.3 Å². The first-order valence-electron chi connectivity index (χ1n) is 10.3. The average molecular weight is 399 g/mol. The molecule has 3 heterocycles. The van der Waals surface area contributed by atoms with E-state index in [1.807, 2.05) is 18.2 Å². The Morgan fingerprint density at radius 3 is 2.67 bits per heavy atom. The average Bonchev–Trinajstić information content (AvgIpc) is 3.18. The molecule has 0 amide bonds. The minimum Gasteiger partial charge on any atom is -0.497 e. The van der Waals surface area contributed by atoms with Gasteiger partial charge in [0.1, 0.15) is 23.1 Å². The zero-order valence-electron chi connectivity index (χ0n) is 17.1. The molecule has 6 heteroatoms. The summed E-state index contributed by atoms with van der Waals surface area (Å²) in [6.45, 7) is 4.89. The number of benzene rings is 2. The van der Waals surface area contributed by atoms with Crippen LogP contribution in [0.5, 0.6) is 5.75 Å². The molecule has 4 aromatic rings. The fourth-order valence-corrected chi connectivity index (χ4v) is 4.07. The van der Waals surface area contributed by atoms with Gasteiger partial charge in [-0.25, -0.2) is 9.97 Å². The molecule has 6 nitrogen and oxygen atoms in total. The highest BCUT2D eigenvalue weighted by atomic mass is 16.5. The first-order valence-corrected chi connectivity index (χ1v) is 10.3. The van der Waals surface area contributed by atoms with Crippen molar-refractivity contribution in [1.82, 2.24) is 19.9 Å². The lowest BCUT2D eigenvalue weighted by molar-refractivity contribution is 0.284. The number of anilines is 1. The number of hydrogen-bond donors (Lipinski definition) is 1. The van der Waals surface area contributed by atoms with E-state index in [2.05, 4.69) is 67.2 Å². The summed E-state index contributed by atoms with van der Waals surface area (Å²) < 4.78 is 5.36. The van der Waals surface area contributed by atoms with Gasteiger partial charge >= 0.3 is 0 Å². The highest BCUT2D eigenvalue weighted by Gasteiger charge is 2.21. The molecule has 1 N–H and O–H groups in total. The van der Waals surface area contributed by atoms with Crippen LogP contribution in [0.2, 0.25) is 0 Å². The molecule has 30 heavy (non-hydrogen) atoms. The highest BCUT2D eigenvalue weighted by molar-refractivity contribution is 6.08. The second-order valence-corrected chi connectivity index (χ2v) is 7.56. The Bertz CT molecular complexity index is 1180. The van der Waals surface area contributed by atoms with E-state index in [4.69, 9.17) is 4.74 Å². The van der Waals surface area contributed by atoms with Gasteiger partial charge in [-0.15, -0.1) is 0 Å². The molecule has 2 aromatic heterocycles. The van der Waals surface area contributed by atoms with Gasteiger partial charge in [-0.1, -0.05) is 42.5 Å². The van der Waals surface area contributed by atoms with Crippen LogP contribution in [0.4, 0.5) is 5.82 Å². The van der Waals surface area contributed by atoms with Crippen molar-refractivity contribution in [3.8, 4) is 5.75 Å². The Kier molecular flexibility index (Phi) is 5.07. The number of aromatic nitrogens is 3. The van der Waals surface area contributed by atoms with Crippen LogP contribution in [0.1, 0.15) is 5.56 Å². The number of nitrogens with one attached hydrogen (secondary N) is 1. The molecule has 0 radical (unpaired) electrons. The highest BCUT2D eigenvalue weighted by Crippen LogP contribution is 2.31. The van der Waals surface area contributed by atoms with E-state index in [-0.39, 0.29) is 0 Å². The molecule has 0 spiro atoms. The van der Waals surface area contributed by atoms with Crippen LogP contribution >= 0.6 is 0 Å². The van der Waals surface area contributed by atoms with Crippen molar-refractivity contribution in [3.05, 3.63) is 66.5 Å². The van der Waals surface area contributed by atoms with Gasteiger partial charge in [-0.3, -0.25) is 4.90 Å². The Balaban J connectivity index is 1.30. The summed E-state index contributed by atoms with van der Waals surface area (Å²) >= 11 is 0. The Morgan fingerprint density at radius 2 is 1.87 bits per heavy atom. The van der Waals surface area contributed by atoms with Gasteiger partial charge in [0, 0.05) is 44.2 Å². The quantitative estimate of drug-likeness (QED) is 0.551. The number of hydrogen-bond acceptors (Lipinski definition) is 5. The number of methoxy groups -OCH3 is 1. The second-order valence-electron chi connectivity index (χ2n) is 7.56. The van der Waals surface area contributed by atoms with Crippen LogP contribution < -0.4 is 9.64 Å². The summed E-state index contributed by atoms with van der Waals surface area (Å²) in [5.74, 6) is 1.82. The Hall–Kier alpha value is -3.38. The summed E-state index contributed by atoms with van der Waals surface area (Å²) in [6, 6.07) is 16.5. The third-order valence-electron chi connectivity index (χ3n) is 5.71. The van der Waals surface area contributed by atoms with Crippen molar-refractivity contribution >= 4 is 33.8 Å². The maximum atomic E-state index is 5.36. The van der Waals surface area contributed by atoms with E-state index in [0.717, 1.165) is 66.2 Å². The Labute approximate surface area is 175 Å². The van der Waals surface area contributed by atoms with Gasteiger partial charge in [-0.05, 0) is 17.7 Å². The number of H-pyrrole nitrogens is 1. The molecule has 0 bridgehead atoms.